The lowest BCUT2D eigenvalue weighted by Crippen LogP contribution is -2.27. The second-order valence-corrected chi connectivity index (χ2v) is 7.54. The van der Waals surface area contributed by atoms with Crippen molar-refractivity contribution in [1.82, 2.24) is 4.90 Å². The second kappa shape index (κ2) is 8.54. The maximum Gasteiger partial charge on any atom is 0.293 e. The fourth-order valence-corrected chi connectivity index (χ4v) is 3.81. The van der Waals surface area contributed by atoms with Crippen LogP contribution >= 0.6 is 27.7 Å². The van der Waals surface area contributed by atoms with Gasteiger partial charge in [0.1, 0.15) is 18.2 Å². The lowest BCUT2D eigenvalue weighted by molar-refractivity contribution is -0.122. The summed E-state index contributed by atoms with van der Waals surface area (Å²) in [6, 6.07) is 11.5. The normalized spacial score (nSPS) is 15.5. The number of hydrogen-bond acceptors (Lipinski definition) is 4. The van der Waals surface area contributed by atoms with Crippen molar-refractivity contribution in [2.24, 2.45) is 0 Å². The smallest absolute Gasteiger partial charge is 0.293 e. The highest BCUT2D eigenvalue weighted by Gasteiger charge is 2.34. The lowest BCUT2D eigenvalue weighted by atomic mass is 10.2. The molecule has 0 saturated carbocycles. The zero-order chi connectivity index (χ0) is 19.4. The van der Waals surface area contributed by atoms with Gasteiger partial charge in [-0.15, -0.1) is 6.58 Å². The molecule has 1 aliphatic heterocycles. The Morgan fingerprint density at radius 1 is 1.22 bits per heavy atom. The van der Waals surface area contributed by atoms with Crippen molar-refractivity contribution in [1.29, 1.82) is 0 Å². The number of amides is 2. The summed E-state index contributed by atoms with van der Waals surface area (Å²) in [5.41, 5.74) is 1.48. The number of ether oxygens (including phenoxy) is 1. The molecule has 0 bridgehead atoms. The van der Waals surface area contributed by atoms with Crippen LogP contribution in [0.25, 0.3) is 6.08 Å². The van der Waals surface area contributed by atoms with Crippen molar-refractivity contribution >= 4 is 44.9 Å². The average molecular weight is 448 g/mol. The van der Waals surface area contributed by atoms with Crippen molar-refractivity contribution in [2.45, 2.75) is 6.61 Å². The van der Waals surface area contributed by atoms with Crippen molar-refractivity contribution in [3.8, 4) is 5.75 Å². The summed E-state index contributed by atoms with van der Waals surface area (Å²) in [6.07, 6.45) is 3.18. The van der Waals surface area contributed by atoms with Crippen LogP contribution in [0.15, 0.2) is 64.5 Å². The minimum absolute atomic E-state index is 0.193. The first kappa shape index (κ1) is 19.4. The molecule has 2 amide bonds. The third kappa shape index (κ3) is 4.67. The van der Waals surface area contributed by atoms with Gasteiger partial charge in [-0.2, -0.15) is 0 Å². The van der Waals surface area contributed by atoms with E-state index >= 15 is 0 Å². The predicted molar refractivity (Wildman–Crippen MR) is 108 cm³/mol. The Labute approximate surface area is 168 Å². The molecule has 2 aromatic rings. The molecule has 27 heavy (non-hydrogen) atoms. The van der Waals surface area contributed by atoms with Gasteiger partial charge in [-0.3, -0.25) is 14.5 Å². The number of thioether (sulfide) groups is 1. The van der Waals surface area contributed by atoms with E-state index in [1.54, 1.807) is 36.4 Å². The van der Waals surface area contributed by atoms with Crippen molar-refractivity contribution < 1.29 is 18.7 Å². The fraction of sp³-hybridized carbons (Fsp3) is 0.100. The van der Waals surface area contributed by atoms with Crippen LogP contribution in [-0.4, -0.2) is 22.6 Å². The molecule has 0 aromatic heterocycles. The maximum absolute atomic E-state index is 13.2. The number of halogens is 2. The Balaban J connectivity index is 1.72. The second-order valence-electron chi connectivity index (χ2n) is 5.69. The van der Waals surface area contributed by atoms with E-state index < -0.39 is 0 Å². The summed E-state index contributed by atoms with van der Waals surface area (Å²) in [6.45, 7) is 3.98. The van der Waals surface area contributed by atoms with E-state index in [0.717, 1.165) is 27.8 Å². The highest BCUT2D eigenvalue weighted by Crippen LogP contribution is 2.34. The molecular formula is C20H15BrFNO3S. The number of carbonyl (C=O) groups is 2. The molecule has 0 aliphatic carbocycles. The Kier molecular flexibility index (Phi) is 6.13. The van der Waals surface area contributed by atoms with Crippen molar-refractivity contribution in [3.63, 3.8) is 0 Å². The molecule has 0 unspecified atom stereocenters. The molecule has 1 heterocycles. The summed E-state index contributed by atoms with van der Waals surface area (Å²) >= 11 is 4.34. The molecule has 4 nitrogen and oxygen atoms in total. The summed E-state index contributed by atoms with van der Waals surface area (Å²) in [5.74, 6) is -0.0421. The molecule has 0 radical (unpaired) electrons. The minimum Gasteiger partial charge on any atom is -0.488 e. The SMILES string of the molecule is C=CCN1C(=O)S/C(=C\c2ccc(OCc3cccc(F)c3)c(Br)c2)C1=O. The number of imide groups is 1. The van der Waals surface area contributed by atoms with Crippen LogP contribution in [0.4, 0.5) is 9.18 Å². The maximum atomic E-state index is 13.2. The van der Waals surface area contributed by atoms with Crippen LogP contribution in [0, 0.1) is 5.82 Å². The highest BCUT2D eigenvalue weighted by molar-refractivity contribution is 9.10. The van der Waals surface area contributed by atoms with Gasteiger partial charge in [-0.1, -0.05) is 24.3 Å². The molecule has 2 aromatic carbocycles. The molecule has 0 spiro atoms. The summed E-state index contributed by atoms with van der Waals surface area (Å²) in [7, 11) is 0. The Bertz CT molecular complexity index is 945. The standard InChI is InChI=1S/C20H15BrFNO3S/c1-2-8-23-19(24)18(27-20(23)25)11-13-6-7-17(16(21)10-13)26-12-14-4-3-5-15(22)9-14/h2-7,9-11H,1,8,12H2/b18-11-. The van der Waals surface area contributed by atoms with E-state index in [1.165, 1.54) is 18.2 Å². The molecular weight excluding hydrogens is 433 g/mol. The van der Waals surface area contributed by atoms with E-state index in [4.69, 9.17) is 4.74 Å². The van der Waals surface area contributed by atoms with Gasteiger partial charge in [0.15, 0.2) is 0 Å². The van der Waals surface area contributed by atoms with Crippen LogP contribution in [0.2, 0.25) is 0 Å². The number of rotatable bonds is 6. The van der Waals surface area contributed by atoms with E-state index in [1.807, 2.05) is 0 Å². The number of nitrogens with zero attached hydrogens (tertiary/aromatic N) is 1. The van der Waals surface area contributed by atoms with Gasteiger partial charge in [0.2, 0.25) is 0 Å². The van der Waals surface area contributed by atoms with Crippen molar-refractivity contribution in [3.05, 3.63) is 81.4 Å². The Morgan fingerprint density at radius 3 is 2.74 bits per heavy atom. The molecule has 1 aliphatic rings. The molecule has 7 heteroatoms. The fourth-order valence-electron chi connectivity index (χ4n) is 2.45. The average Bonchev–Trinajstić information content (AvgIpc) is 2.89. The zero-order valence-electron chi connectivity index (χ0n) is 14.2. The monoisotopic (exact) mass is 447 g/mol. The Morgan fingerprint density at radius 2 is 2.04 bits per heavy atom. The number of hydrogen-bond donors (Lipinski definition) is 0. The van der Waals surface area contributed by atoms with Crippen LogP contribution in [-0.2, 0) is 11.4 Å². The largest absolute Gasteiger partial charge is 0.488 e. The van der Waals surface area contributed by atoms with Gasteiger partial charge in [0, 0.05) is 6.54 Å². The molecule has 1 fully saturated rings. The predicted octanol–water partition coefficient (Wildman–Crippen LogP) is 5.39. The van der Waals surface area contributed by atoms with Gasteiger partial charge in [0.25, 0.3) is 11.1 Å². The van der Waals surface area contributed by atoms with E-state index in [9.17, 15) is 14.0 Å². The van der Waals surface area contributed by atoms with Gasteiger partial charge in [-0.25, -0.2) is 4.39 Å². The topological polar surface area (TPSA) is 46.6 Å². The van der Waals surface area contributed by atoms with Crippen LogP contribution in [0.3, 0.4) is 0 Å². The van der Waals surface area contributed by atoms with Gasteiger partial charge < -0.3 is 4.74 Å². The zero-order valence-corrected chi connectivity index (χ0v) is 16.6. The van der Waals surface area contributed by atoms with Crippen LogP contribution in [0.1, 0.15) is 11.1 Å². The first-order valence-corrected chi connectivity index (χ1v) is 9.62. The quantitative estimate of drug-likeness (QED) is 0.439. The van der Waals surface area contributed by atoms with E-state index in [2.05, 4.69) is 22.5 Å². The summed E-state index contributed by atoms with van der Waals surface area (Å²) < 4.78 is 19.6. The molecule has 1 saturated heterocycles. The third-order valence-corrected chi connectivity index (χ3v) is 5.25. The third-order valence-electron chi connectivity index (χ3n) is 3.72. The summed E-state index contributed by atoms with van der Waals surface area (Å²) in [4.78, 5) is 25.6. The lowest BCUT2D eigenvalue weighted by Gasteiger charge is -2.09. The highest BCUT2D eigenvalue weighted by atomic mass is 79.9. The van der Waals surface area contributed by atoms with Crippen molar-refractivity contribution in [2.75, 3.05) is 6.54 Å². The first-order chi connectivity index (χ1) is 13.0. The van der Waals surface area contributed by atoms with E-state index in [0.29, 0.717) is 15.1 Å². The van der Waals surface area contributed by atoms with Gasteiger partial charge in [-0.05, 0) is 69.2 Å². The Hall–Kier alpha value is -2.38. The summed E-state index contributed by atoms with van der Waals surface area (Å²) in [5, 5.41) is -0.305. The molecule has 3 rings (SSSR count). The minimum atomic E-state index is -0.326. The first-order valence-electron chi connectivity index (χ1n) is 8.01. The molecule has 138 valence electrons. The van der Waals surface area contributed by atoms with Gasteiger partial charge in [0.05, 0.1) is 9.38 Å². The molecule has 0 atom stereocenters. The van der Waals surface area contributed by atoms with E-state index in [-0.39, 0.29) is 30.1 Å². The van der Waals surface area contributed by atoms with Gasteiger partial charge >= 0.3 is 0 Å². The molecule has 0 N–H and O–H groups in total. The van der Waals surface area contributed by atoms with Crippen LogP contribution < -0.4 is 4.74 Å². The number of benzene rings is 2. The number of carbonyl (C=O) groups excluding carboxylic acids is 2. The van der Waals surface area contributed by atoms with Crippen LogP contribution in [0.5, 0.6) is 5.75 Å².